The SMILES string of the molecule is NC(=O)[C@H]1CCCN1C(=S)Nc1ccc(OC(F)F)cc1. The van der Waals surface area contributed by atoms with Gasteiger partial charge in [-0.3, -0.25) is 4.79 Å². The van der Waals surface area contributed by atoms with E-state index in [9.17, 15) is 13.6 Å². The minimum atomic E-state index is -2.86. The number of nitrogens with zero attached hydrogens (tertiary/aromatic N) is 1. The van der Waals surface area contributed by atoms with Gasteiger partial charge in [0, 0.05) is 12.2 Å². The second-order valence-electron chi connectivity index (χ2n) is 4.59. The summed E-state index contributed by atoms with van der Waals surface area (Å²) in [5.74, 6) is -0.338. The summed E-state index contributed by atoms with van der Waals surface area (Å²) in [7, 11) is 0. The van der Waals surface area contributed by atoms with E-state index in [1.807, 2.05) is 0 Å². The highest BCUT2D eigenvalue weighted by molar-refractivity contribution is 7.80. The number of halogens is 2. The second kappa shape index (κ2) is 6.66. The average molecular weight is 315 g/mol. The number of primary amides is 1. The fourth-order valence-corrected chi connectivity index (χ4v) is 2.56. The molecule has 1 saturated heterocycles. The molecule has 0 aliphatic carbocycles. The molecule has 5 nitrogen and oxygen atoms in total. The number of anilines is 1. The van der Waals surface area contributed by atoms with Crippen LogP contribution in [0.4, 0.5) is 14.5 Å². The number of rotatable bonds is 4. The molecular weight excluding hydrogens is 300 g/mol. The molecule has 1 fully saturated rings. The molecule has 1 aliphatic heterocycles. The van der Waals surface area contributed by atoms with E-state index in [2.05, 4.69) is 10.1 Å². The Morgan fingerprint density at radius 3 is 2.67 bits per heavy atom. The maximum atomic E-state index is 12.0. The fraction of sp³-hybridized carbons (Fsp3) is 0.385. The first-order valence-corrected chi connectivity index (χ1v) is 6.80. The van der Waals surface area contributed by atoms with E-state index in [1.54, 1.807) is 17.0 Å². The Bertz CT molecular complexity index is 525. The van der Waals surface area contributed by atoms with Crippen molar-refractivity contribution in [2.75, 3.05) is 11.9 Å². The van der Waals surface area contributed by atoms with Gasteiger partial charge in [0.25, 0.3) is 0 Å². The van der Waals surface area contributed by atoms with Crippen molar-refractivity contribution in [2.24, 2.45) is 5.73 Å². The van der Waals surface area contributed by atoms with Crippen LogP contribution in [0.15, 0.2) is 24.3 Å². The zero-order valence-electron chi connectivity index (χ0n) is 11.1. The molecule has 0 saturated carbocycles. The van der Waals surface area contributed by atoms with Crippen molar-refractivity contribution in [1.29, 1.82) is 0 Å². The third kappa shape index (κ3) is 4.01. The maximum absolute atomic E-state index is 12.0. The van der Waals surface area contributed by atoms with Crippen molar-refractivity contribution in [3.63, 3.8) is 0 Å². The van der Waals surface area contributed by atoms with E-state index < -0.39 is 18.6 Å². The zero-order valence-corrected chi connectivity index (χ0v) is 11.9. The molecule has 0 spiro atoms. The third-order valence-corrected chi connectivity index (χ3v) is 3.51. The highest BCUT2D eigenvalue weighted by Gasteiger charge is 2.30. The van der Waals surface area contributed by atoms with Crippen LogP contribution >= 0.6 is 12.2 Å². The molecule has 0 unspecified atom stereocenters. The molecule has 0 radical (unpaired) electrons. The van der Waals surface area contributed by atoms with E-state index in [4.69, 9.17) is 18.0 Å². The quantitative estimate of drug-likeness (QED) is 0.831. The normalized spacial score (nSPS) is 17.9. The van der Waals surface area contributed by atoms with Gasteiger partial charge in [0.15, 0.2) is 5.11 Å². The predicted molar refractivity (Wildman–Crippen MR) is 78.2 cm³/mol. The molecule has 8 heteroatoms. The van der Waals surface area contributed by atoms with E-state index >= 15 is 0 Å². The van der Waals surface area contributed by atoms with Crippen LogP contribution < -0.4 is 15.8 Å². The number of hydrogen-bond acceptors (Lipinski definition) is 3. The lowest BCUT2D eigenvalue weighted by Gasteiger charge is -2.25. The minimum absolute atomic E-state index is 0.0673. The number of nitrogens with one attached hydrogen (secondary N) is 1. The molecule has 0 aromatic heterocycles. The highest BCUT2D eigenvalue weighted by atomic mass is 32.1. The fourth-order valence-electron chi connectivity index (χ4n) is 2.22. The van der Waals surface area contributed by atoms with Gasteiger partial charge in [-0.15, -0.1) is 0 Å². The summed E-state index contributed by atoms with van der Waals surface area (Å²) < 4.78 is 28.3. The van der Waals surface area contributed by atoms with Crippen LogP contribution in [-0.2, 0) is 4.79 Å². The molecule has 0 bridgehead atoms. The smallest absolute Gasteiger partial charge is 0.387 e. The lowest BCUT2D eigenvalue weighted by molar-refractivity contribution is -0.121. The number of amides is 1. The molecule has 1 aromatic rings. The Kier molecular flexibility index (Phi) is 4.89. The summed E-state index contributed by atoms with van der Waals surface area (Å²) in [5.41, 5.74) is 5.95. The van der Waals surface area contributed by atoms with Gasteiger partial charge >= 0.3 is 6.61 Å². The van der Waals surface area contributed by atoms with E-state index in [0.717, 1.165) is 6.42 Å². The lowest BCUT2D eigenvalue weighted by atomic mass is 10.2. The van der Waals surface area contributed by atoms with Crippen molar-refractivity contribution in [2.45, 2.75) is 25.5 Å². The average Bonchev–Trinajstić information content (AvgIpc) is 2.90. The molecule has 3 N–H and O–H groups in total. The van der Waals surface area contributed by atoms with Gasteiger partial charge in [-0.2, -0.15) is 8.78 Å². The van der Waals surface area contributed by atoms with E-state index in [-0.39, 0.29) is 5.75 Å². The number of benzene rings is 1. The summed E-state index contributed by atoms with van der Waals surface area (Å²) in [4.78, 5) is 13.1. The predicted octanol–water partition coefficient (Wildman–Crippen LogP) is 1.93. The molecule has 1 amide bonds. The maximum Gasteiger partial charge on any atom is 0.387 e. The first-order chi connectivity index (χ1) is 9.97. The lowest BCUT2D eigenvalue weighted by Crippen LogP contribution is -2.45. The monoisotopic (exact) mass is 315 g/mol. The summed E-state index contributed by atoms with van der Waals surface area (Å²) in [6, 6.07) is 5.56. The number of alkyl halides is 2. The van der Waals surface area contributed by atoms with Gasteiger partial charge in [-0.05, 0) is 49.3 Å². The van der Waals surface area contributed by atoms with E-state index in [0.29, 0.717) is 23.8 Å². The Balaban J connectivity index is 1.97. The Morgan fingerprint density at radius 2 is 2.10 bits per heavy atom. The first-order valence-electron chi connectivity index (χ1n) is 6.39. The summed E-state index contributed by atoms with van der Waals surface area (Å²) in [6.07, 6.45) is 1.52. The Morgan fingerprint density at radius 1 is 1.43 bits per heavy atom. The van der Waals surface area contributed by atoms with Crippen LogP contribution in [0.2, 0.25) is 0 Å². The Hall–Kier alpha value is -1.96. The van der Waals surface area contributed by atoms with Gasteiger partial charge in [0.1, 0.15) is 11.8 Å². The van der Waals surface area contributed by atoms with Crippen LogP contribution in [0.5, 0.6) is 5.75 Å². The highest BCUT2D eigenvalue weighted by Crippen LogP contribution is 2.21. The molecule has 1 aromatic carbocycles. The third-order valence-electron chi connectivity index (χ3n) is 3.17. The topological polar surface area (TPSA) is 67.6 Å². The molecule has 114 valence electrons. The number of carbonyl (C=O) groups excluding carboxylic acids is 1. The molecule has 1 atom stereocenters. The standard InChI is InChI=1S/C13H15F2N3O2S/c14-12(15)20-9-5-3-8(4-6-9)17-13(21)18-7-1-2-10(18)11(16)19/h3-6,10,12H,1-2,7H2,(H2,16,19)(H,17,21)/t10-/m1/s1. The van der Waals surface area contributed by atoms with Gasteiger partial charge in [-0.1, -0.05) is 0 Å². The van der Waals surface area contributed by atoms with Crippen LogP contribution in [0.25, 0.3) is 0 Å². The summed E-state index contributed by atoms with van der Waals surface area (Å²) >= 11 is 5.25. The van der Waals surface area contributed by atoms with Gasteiger partial charge in [0.2, 0.25) is 5.91 Å². The van der Waals surface area contributed by atoms with Crippen molar-refractivity contribution in [3.8, 4) is 5.75 Å². The molecular formula is C13H15F2N3O2S. The van der Waals surface area contributed by atoms with Gasteiger partial charge in [-0.25, -0.2) is 0 Å². The van der Waals surface area contributed by atoms with Crippen molar-refractivity contribution in [3.05, 3.63) is 24.3 Å². The number of likely N-dealkylation sites (tertiary alicyclic amines) is 1. The molecule has 2 rings (SSSR count). The van der Waals surface area contributed by atoms with Crippen molar-refractivity contribution < 1.29 is 18.3 Å². The van der Waals surface area contributed by atoms with Crippen LogP contribution in [0, 0.1) is 0 Å². The number of hydrogen-bond donors (Lipinski definition) is 2. The van der Waals surface area contributed by atoms with Crippen LogP contribution in [0.1, 0.15) is 12.8 Å². The van der Waals surface area contributed by atoms with Crippen molar-refractivity contribution >= 4 is 28.9 Å². The molecule has 21 heavy (non-hydrogen) atoms. The largest absolute Gasteiger partial charge is 0.435 e. The van der Waals surface area contributed by atoms with Gasteiger partial charge in [0.05, 0.1) is 0 Å². The van der Waals surface area contributed by atoms with Crippen LogP contribution in [-0.4, -0.2) is 35.1 Å². The number of carbonyl (C=O) groups is 1. The Labute approximate surface area is 126 Å². The molecule has 1 heterocycles. The van der Waals surface area contributed by atoms with Crippen molar-refractivity contribution in [1.82, 2.24) is 4.90 Å². The number of thiocarbonyl (C=S) groups is 1. The van der Waals surface area contributed by atoms with E-state index in [1.165, 1.54) is 12.1 Å². The summed E-state index contributed by atoms with van der Waals surface area (Å²) in [6.45, 7) is -2.20. The molecule has 1 aliphatic rings. The van der Waals surface area contributed by atoms with Crippen LogP contribution in [0.3, 0.4) is 0 Å². The first kappa shape index (κ1) is 15.4. The zero-order chi connectivity index (χ0) is 15.4. The number of nitrogens with two attached hydrogens (primary N) is 1. The minimum Gasteiger partial charge on any atom is -0.435 e. The van der Waals surface area contributed by atoms with Gasteiger partial charge < -0.3 is 20.7 Å². The summed E-state index contributed by atoms with van der Waals surface area (Å²) in [5, 5.41) is 3.34. The number of ether oxygens (including phenoxy) is 1. The second-order valence-corrected chi connectivity index (χ2v) is 4.97.